The van der Waals surface area contributed by atoms with Crippen molar-refractivity contribution in [3.8, 4) is 0 Å². The van der Waals surface area contributed by atoms with Gasteiger partial charge in [0, 0.05) is 29.7 Å². The summed E-state index contributed by atoms with van der Waals surface area (Å²) in [5.41, 5.74) is 4.48. The second-order valence-corrected chi connectivity index (χ2v) is 5.80. The number of rotatable bonds is 1. The van der Waals surface area contributed by atoms with Gasteiger partial charge in [-0.1, -0.05) is 0 Å². The van der Waals surface area contributed by atoms with Gasteiger partial charge in [0.05, 0.1) is 30.4 Å². The molecular formula is C16H16N2O3. The molecule has 0 aromatic carbocycles. The highest BCUT2D eigenvalue weighted by molar-refractivity contribution is 6.09. The predicted octanol–water partition coefficient (Wildman–Crippen LogP) is 1.76. The quantitative estimate of drug-likeness (QED) is 0.769. The van der Waals surface area contributed by atoms with Crippen LogP contribution in [0.15, 0.2) is 52.1 Å². The average molecular weight is 284 g/mol. The summed E-state index contributed by atoms with van der Waals surface area (Å²) in [7, 11) is 0. The SMILES string of the molecule is O=C(O)C1=CC2=COC=C3C=C4NCCC4CC3C2=NC1. The summed E-state index contributed by atoms with van der Waals surface area (Å²) in [5, 5.41) is 12.5. The van der Waals surface area contributed by atoms with Crippen LogP contribution in [-0.2, 0) is 9.53 Å². The van der Waals surface area contributed by atoms with E-state index in [1.165, 1.54) is 5.70 Å². The first kappa shape index (κ1) is 12.4. The second-order valence-electron chi connectivity index (χ2n) is 5.80. The Morgan fingerprint density at radius 3 is 3.14 bits per heavy atom. The van der Waals surface area contributed by atoms with Crippen LogP contribution in [0.5, 0.6) is 0 Å². The van der Waals surface area contributed by atoms with Crippen molar-refractivity contribution in [2.75, 3.05) is 13.1 Å². The van der Waals surface area contributed by atoms with Gasteiger partial charge in [0.2, 0.25) is 0 Å². The average Bonchev–Trinajstić information content (AvgIpc) is 2.85. The number of hydrogen-bond acceptors (Lipinski definition) is 4. The Labute approximate surface area is 122 Å². The number of aliphatic imine (C=N–C) groups is 1. The third-order valence-corrected chi connectivity index (χ3v) is 4.56. The van der Waals surface area contributed by atoms with Crippen molar-refractivity contribution >= 4 is 11.7 Å². The van der Waals surface area contributed by atoms with Crippen LogP contribution in [0.3, 0.4) is 0 Å². The fraction of sp³-hybridized carbons (Fsp3) is 0.375. The molecule has 2 N–H and O–H groups in total. The molecule has 108 valence electrons. The fourth-order valence-electron chi connectivity index (χ4n) is 3.48. The molecule has 0 bridgehead atoms. The zero-order valence-corrected chi connectivity index (χ0v) is 11.5. The molecule has 1 fully saturated rings. The number of carboxylic acid groups (broad SMARTS) is 1. The van der Waals surface area contributed by atoms with Gasteiger partial charge in [-0.05, 0) is 30.6 Å². The highest BCUT2D eigenvalue weighted by Gasteiger charge is 2.36. The highest BCUT2D eigenvalue weighted by Crippen LogP contribution is 2.40. The van der Waals surface area contributed by atoms with Crippen LogP contribution in [0, 0.1) is 11.8 Å². The first-order valence-corrected chi connectivity index (χ1v) is 7.22. The first-order valence-electron chi connectivity index (χ1n) is 7.22. The molecule has 2 atom stereocenters. The molecule has 0 radical (unpaired) electrons. The fourth-order valence-corrected chi connectivity index (χ4v) is 3.48. The van der Waals surface area contributed by atoms with Crippen LogP contribution in [0.4, 0.5) is 0 Å². The van der Waals surface area contributed by atoms with Gasteiger partial charge in [-0.3, -0.25) is 4.99 Å². The summed E-state index contributed by atoms with van der Waals surface area (Å²) in [6.45, 7) is 1.26. The molecule has 5 heteroatoms. The van der Waals surface area contributed by atoms with Crippen LogP contribution < -0.4 is 5.32 Å². The summed E-state index contributed by atoms with van der Waals surface area (Å²) >= 11 is 0. The van der Waals surface area contributed by atoms with Crippen LogP contribution in [-0.4, -0.2) is 29.9 Å². The smallest absolute Gasteiger partial charge is 0.333 e. The Bertz CT molecular complexity index is 667. The number of carboxylic acids is 1. The van der Waals surface area contributed by atoms with E-state index in [0.717, 1.165) is 36.2 Å². The molecule has 0 amide bonds. The van der Waals surface area contributed by atoms with Crippen LogP contribution in [0.2, 0.25) is 0 Å². The zero-order valence-electron chi connectivity index (χ0n) is 11.5. The molecule has 4 rings (SSSR count). The molecule has 0 saturated carbocycles. The van der Waals surface area contributed by atoms with Crippen molar-refractivity contribution in [3.05, 3.63) is 47.1 Å². The van der Waals surface area contributed by atoms with Crippen molar-refractivity contribution in [1.29, 1.82) is 0 Å². The van der Waals surface area contributed by atoms with Crippen molar-refractivity contribution in [2.24, 2.45) is 16.8 Å². The third-order valence-electron chi connectivity index (χ3n) is 4.56. The Balaban J connectivity index is 1.70. The van der Waals surface area contributed by atoms with Crippen LogP contribution >= 0.6 is 0 Å². The topological polar surface area (TPSA) is 70.9 Å². The molecule has 3 aliphatic heterocycles. The first-order chi connectivity index (χ1) is 10.2. The minimum Gasteiger partial charge on any atom is -0.478 e. The van der Waals surface area contributed by atoms with Gasteiger partial charge in [-0.2, -0.15) is 0 Å². The molecule has 5 nitrogen and oxygen atoms in total. The maximum Gasteiger partial charge on any atom is 0.333 e. The molecular weight excluding hydrogens is 268 g/mol. The van der Waals surface area contributed by atoms with E-state index >= 15 is 0 Å². The van der Waals surface area contributed by atoms with Gasteiger partial charge in [0.25, 0.3) is 0 Å². The van der Waals surface area contributed by atoms with Gasteiger partial charge in [-0.25, -0.2) is 4.79 Å². The van der Waals surface area contributed by atoms with Crippen LogP contribution in [0.25, 0.3) is 0 Å². The van der Waals surface area contributed by atoms with Gasteiger partial charge in [0.15, 0.2) is 0 Å². The third kappa shape index (κ3) is 2.00. The van der Waals surface area contributed by atoms with Crippen molar-refractivity contribution < 1.29 is 14.6 Å². The zero-order chi connectivity index (χ0) is 14.4. The Hall–Kier alpha value is -2.30. The number of fused-ring (bicyclic) bond motifs is 4. The molecule has 21 heavy (non-hydrogen) atoms. The highest BCUT2D eigenvalue weighted by atomic mass is 16.5. The number of aliphatic carboxylic acids is 1. The van der Waals surface area contributed by atoms with E-state index in [4.69, 9.17) is 9.84 Å². The van der Waals surface area contributed by atoms with E-state index < -0.39 is 5.97 Å². The Morgan fingerprint density at radius 1 is 1.38 bits per heavy atom. The Kier molecular flexibility index (Phi) is 2.74. The van der Waals surface area contributed by atoms with Crippen molar-refractivity contribution in [1.82, 2.24) is 5.32 Å². The van der Waals surface area contributed by atoms with Gasteiger partial charge in [-0.15, -0.1) is 0 Å². The molecule has 0 spiro atoms. The lowest BCUT2D eigenvalue weighted by Crippen LogP contribution is -2.27. The monoisotopic (exact) mass is 284 g/mol. The molecule has 2 unspecified atom stereocenters. The normalized spacial score (nSPS) is 29.8. The lowest BCUT2D eigenvalue weighted by Gasteiger charge is -2.29. The van der Waals surface area contributed by atoms with Crippen LogP contribution in [0.1, 0.15) is 12.8 Å². The predicted molar refractivity (Wildman–Crippen MR) is 77.6 cm³/mol. The number of dihydropyridines is 1. The maximum atomic E-state index is 11.1. The van der Waals surface area contributed by atoms with E-state index in [-0.39, 0.29) is 12.5 Å². The number of carbonyl (C=O) groups is 1. The molecule has 0 aromatic rings. The summed E-state index contributed by atoms with van der Waals surface area (Å²) < 4.78 is 5.50. The number of nitrogens with one attached hydrogen (secondary N) is 1. The summed E-state index contributed by atoms with van der Waals surface area (Å²) in [6, 6.07) is 0. The number of nitrogens with zero attached hydrogens (tertiary/aromatic N) is 1. The molecule has 3 heterocycles. The second kappa shape index (κ2) is 4.62. The van der Waals surface area contributed by atoms with Gasteiger partial charge < -0.3 is 15.2 Å². The lowest BCUT2D eigenvalue weighted by atomic mass is 9.77. The summed E-state index contributed by atoms with van der Waals surface area (Å²) in [5.74, 6) is -0.153. The van der Waals surface area contributed by atoms with Crippen molar-refractivity contribution in [3.63, 3.8) is 0 Å². The summed E-state index contributed by atoms with van der Waals surface area (Å²) in [6.07, 6.45) is 9.39. The Morgan fingerprint density at radius 2 is 2.29 bits per heavy atom. The molecule has 0 aromatic heterocycles. The lowest BCUT2D eigenvalue weighted by molar-refractivity contribution is -0.132. The standard InChI is InChI=1S/C16H16N2O3/c19-16(20)10-3-12-8-21-7-11-5-14-9(1-2-17-14)4-13(11)15(12)18-6-10/h3,5,7-9,13,17H,1-2,4,6H2,(H,19,20). The van der Waals surface area contributed by atoms with Gasteiger partial charge >= 0.3 is 5.97 Å². The molecule has 1 saturated heterocycles. The van der Waals surface area contributed by atoms with E-state index in [2.05, 4.69) is 16.4 Å². The minimum absolute atomic E-state index is 0.207. The number of hydrogen-bond donors (Lipinski definition) is 2. The summed E-state index contributed by atoms with van der Waals surface area (Å²) in [4.78, 5) is 15.7. The maximum absolute atomic E-state index is 11.1. The molecule has 1 aliphatic carbocycles. The van der Waals surface area contributed by atoms with Gasteiger partial charge in [0.1, 0.15) is 0 Å². The minimum atomic E-state index is -0.915. The van der Waals surface area contributed by atoms with E-state index in [1.807, 2.05) is 0 Å². The van der Waals surface area contributed by atoms with E-state index in [9.17, 15) is 4.79 Å². The van der Waals surface area contributed by atoms with E-state index in [0.29, 0.717) is 11.5 Å². The van der Waals surface area contributed by atoms with E-state index in [1.54, 1.807) is 18.6 Å². The van der Waals surface area contributed by atoms with Crippen molar-refractivity contribution in [2.45, 2.75) is 12.8 Å². The number of allylic oxidation sites excluding steroid dienone is 5. The number of ether oxygens (including phenoxy) is 1. The molecule has 4 aliphatic rings. The largest absolute Gasteiger partial charge is 0.478 e.